The zero-order chi connectivity index (χ0) is 18.8. The van der Waals surface area contributed by atoms with Crippen LogP contribution in [-0.2, 0) is 17.9 Å². The highest BCUT2D eigenvalue weighted by Crippen LogP contribution is 2.28. The van der Waals surface area contributed by atoms with E-state index in [-0.39, 0.29) is 5.91 Å². The molecule has 6 nitrogen and oxygen atoms in total. The zero-order valence-electron chi connectivity index (χ0n) is 15.9. The Labute approximate surface area is 159 Å². The lowest BCUT2D eigenvalue weighted by atomic mass is 9.98. The third kappa shape index (κ3) is 3.79. The number of aromatic nitrogens is 4. The van der Waals surface area contributed by atoms with Gasteiger partial charge in [-0.2, -0.15) is 5.10 Å². The predicted octanol–water partition coefficient (Wildman–Crippen LogP) is 2.76. The Morgan fingerprint density at radius 3 is 2.63 bits per heavy atom. The van der Waals surface area contributed by atoms with Crippen LogP contribution in [0.1, 0.15) is 35.0 Å². The van der Waals surface area contributed by atoms with Crippen LogP contribution < -0.4 is 0 Å². The molecular weight excluding hydrogens is 338 g/mol. The molecule has 0 aliphatic carbocycles. The van der Waals surface area contributed by atoms with Gasteiger partial charge in [-0.1, -0.05) is 30.3 Å². The fourth-order valence-electron chi connectivity index (χ4n) is 3.58. The number of amides is 1. The molecule has 2 aromatic heterocycles. The van der Waals surface area contributed by atoms with Crippen LogP contribution in [-0.4, -0.2) is 43.2 Å². The first-order valence-electron chi connectivity index (χ1n) is 9.43. The molecule has 27 heavy (non-hydrogen) atoms. The number of nitrogens with zero attached hydrogens (tertiary/aromatic N) is 5. The lowest BCUT2D eigenvalue weighted by Crippen LogP contribution is -2.49. The van der Waals surface area contributed by atoms with E-state index in [9.17, 15) is 4.79 Å². The first-order chi connectivity index (χ1) is 13.1. The van der Waals surface area contributed by atoms with Gasteiger partial charge in [0.15, 0.2) is 0 Å². The van der Waals surface area contributed by atoms with Gasteiger partial charge in [0.2, 0.25) is 5.91 Å². The Hall–Kier alpha value is -2.89. The molecule has 1 aliphatic heterocycles. The van der Waals surface area contributed by atoms with E-state index in [0.29, 0.717) is 18.9 Å². The fraction of sp³-hybridized carbons (Fsp3) is 0.381. The van der Waals surface area contributed by atoms with Gasteiger partial charge < -0.3 is 9.47 Å². The van der Waals surface area contributed by atoms with E-state index in [1.54, 1.807) is 0 Å². The van der Waals surface area contributed by atoms with E-state index in [0.717, 1.165) is 36.7 Å². The van der Waals surface area contributed by atoms with Crippen molar-refractivity contribution in [3.63, 3.8) is 0 Å². The minimum Gasteiger partial charge on any atom is -0.341 e. The van der Waals surface area contributed by atoms with Crippen molar-refractivity contribution in [1.29, 1.82) is 0 Å². The SMILES string of the molecule is Cc1cnn(CCC(=O)N2CC(c3ncc(C)n3Cc3ccccc3)C2)c1. The molecule has 6 heteroatoms. The number of imidazole rings is 1. The molecule has 0 unspecified atom stereocenters. The third-order valence-corrected chi connectivity index (χ3v) is 5.19. The second-order valence-corrected chi connectivity index (χ2v) is 7.36. The first-order valence-corrected chi connectivity index (χ1v) is 9.43. The molecule has 1 aromatic carbocycles. The van der Waals surface area contributed by atoms with Crippen LogP contribution in [0, 0.1) is 13.8 Å². The summed E-state index contributed by atoms with van der Waals surface area (Å²) in [6.07, 6.45) is 6.21. The van der Waals surface area contributed by atoms with Crippen LogP contribution in [0.25, 0.3) is 0 Å². The normalized spacial score (nSPS) is 14.4. The highest BCUT2D eigenvalue weighted by Gasteiger charge is 2.34. The summed E-state index contributed by atoms with van der Waals surface area (Å²) in [5.74, 6) is 1.60. The Morgan fingerprint density at radius 1 is 1.15 bits per heavy atom. The molecule has 1 aliphatic rings. The monoisotopic (exact) mass is 363 g/mol. The summed E-state index contributed by atoms with van der Waals surface area (Å²) in [6.45, 7) is 7.06. The summed E-state index contributed by atoms with van der Waals surface area (Å²) in [5, 5.41) is 4.24. The molecule has 0 bridgehead atoms. The van der Waals surface area contributed by atoms with Crippen molar-refractivity contribution in [1.82, 2.24) is 24.2 Å². The summed E-state index contributed by atoms with van der Waals surface area (Å²) in [6, 6.07) is 10.4. The maximum Gasteiger partial charge on any atom is 0.224 e. The summed E-state index contributed by atoms with van der Waals surface area (Å²) >= 11 is 0. The van der Waals surface area contributed by atoms with E-state index in [1.165, 1.54) is 5.56 Å². The second-order valence-electron chi connectivity index (χ2n) is 7.36. The average Bonchev–Trinajstić information content (AvgIpc) is 3.20. The van der Waals surface area contributed by atoms with E-state index in [4.69, 9.17) is 0 Å². The quantitative estimate of drug-likeness (QED) is 0.677. The van der Waals surface area contributed by atoms with Gasteiger partial charge in [-0.05, 0) is 25.0 Å². The van der Waals surface area contributed by atoms with Crippen molar-refractivity contribution in [2.75, 3.05) is 13.1 Å². The molecule has 4 rings (SSSR count). The molecule has 0 atom stereocenters. The van der Waals surface area contributed by atoms with Crippen LogP contribution in [0.15, 0.2) is 48.9 Å². The number of carbonyl (C=O) groups excluding carboxylic acids is 1. The van der Waals surface area contributed by atoms with E-state index in [1.807, 2.05) is 41.2 Å². The molecule has 3 heterocycles. The highest BCUT2D eigenvalue weighted by atomic mass is 16.2. The molecule has 0 N–H and O–H groups in total. The van der Waals surface area contributed by atoms with Crippen LogP contribution in [0.4, 0.5) is 0 Å². The minimum atomic E-state index is 0.192. The van der Waals surface area contributed by atoms with E-state index >= 15 is 0 Å². The summed E-state index contributed by atoms with van der Waals surface area (Å²) in [7, 11) is 0. The lowest BCUT2D eigenvalue weighted by Gasteiger charge is -2.39. The number of hydrogen-bond acceptors (Lipinski definition) is 3. The topological polar surface area (TPSA) is 56.0 Å². The minimum absolute atomic E-state index is 0.192. The van der Waals surface area contributed by atoms with Crippen molar-refractivity contribution >= 4 is 5.91 Å². The van der Waals surface area contributed by atoms with Gasteiger partial charge in [-0.3, -0.25) is 9.48 Å². The van der Waals surface area contributed by atoms with Crippen molar-refractivity contribution in [2.24, 2.45) is 0 Å². The van der Waals surface area contributed by atoms with Gasteiger partial charge in [0.1, 0.15) is 5.82 Å². The zero-order valence-corrected chi connectivity index (χ0v) is 15.9. The van der Waals surface area contributed by atoms with Crippen LogP contribution in [0.5, 0.6) is 0 Å². The van der Waals surface area contributed by atoms with Crippen LogP contribution in [0.3, 0.4) is 0 Å². The lowest BCUT2D eigenvalue weighted by molar-refractivity contribution is -0.136. The molecule has 0 spiro atoms. The first kappa shape index (κ1) is 17.5. The van der Waals surface area contributed by atoms with Gasteiger partial charge >= 0.3 is 0 Å². The molecule has 0 radical (unpaired) electrons. The fourth-order valence-corrected chi connectivity index (χ4v) is 3.58. The van der Waals surface area contributed by atoms with Gasteiger partial charge in [0.05, 0.1) is 12.1 Å². The average molecular weight is 363 g/mol. The Bertz CT molecular complexity index is 921. The van der Waals surface area contributed by atoms with Crippen LogP contribution in [0.2, 0.25) is 0 Å². The summed E-state index contributed by atoms with van der Waals surface area (Å²) in [4.78, 5) is 19.0. The van der Waals surface area contributed by atoms with Crippen molar-refractivity contribution in [3.05, 3.63) is 71.6 Å². The van der Waals surface area contributed by atoms with Crippen molar-refractivity contribution < 1.29 is 4.79 Å². The number of carbonyl (C=O) groups is 1. The Balaban J connectivity index is 1.35. The Kier molecular flexibility index (Phi) is 4.79. The Morgan fingerprint density at radius 2 is 1.93 bits per heavy atom. The molecule has 1 amide bonds. The van der Waals surface area contributed by atoms with Gasteiger partial charge in [-0.15, -0.1) is 0 Å². The third-order valence-electron chi connectivity index (χ3n) is 5.19. The van der Waals surface area contributed by atoms with Gasteiger partial charge in [-0.25, -0.2) is 4.98 Å². The predicted molar refractivity (Wildman–Crippen MR) is 103 cm³/mol. The number of likely N-dealkylation sites (tertiary alicyclic amines) is 1. The second kappa shape index (κ2) is 7.39. The van der Waals surface area contributed by atoms with E-state index < -0.39 is 0 Å². The molecule has 0 saturated carbocycles. The molecule has 140 valence electrons. The van der Waals surface area contributed by atoms with Crippen LogP contribution >= 0.6 is 0 Å². The van der Waals surface area contributed by atoms with E-state index in [2.05, 4.69) is 45.8 Å². The molecule has 1 fully saturated rings. The number of aryl methyl sites for hydroxylation is 3. The number of hydrogen-bond donors (Lipinski definition) is 0. The highest BCUT2D eigenvalue weighted by molar-refractivity contribution is 5.77. The maximum atomic E-state index is 12.4. The molecule has 3 aromatic rings. The van der Waals surface area contributed by atoms with Crippen molar-refractivity contribution in [3.8, 4) is 0 Å². The smallest absolute Gasteiger partial charge is 0.224 e. The van der Waals surface area contributed by atoms with Crippen molar-refractivity contribution in [2.45, 2.75) is 39.3 Å². The summed E-state index contributed by atoms with van der Waals surface area (Å²) in [5.41, 5.74) is 3.54. The number of benzene rings is 1. The summed E-state index contributed by atoms with van der Waals surface area (Å²) < 4.78 is 4.11. The molecular formula is C21H25N5O. The van der Waals surface area contributed by atoms with Gasteiger partial charge in [0, 0.05) is 50.7 Å². The molecule has 1 saturated heterocycles. The maximum absolute atomic E-state index is 12.4. The van der Waals surface area contributed by atoms with Gasteiger partial charge in [0.25, 0.3) is 0 Å². The standard InChI is InChI=1S/C21H25N5O/c1-16-10-23-25(12-16)9-8-20(27)24-14-19(15-24)21-22-11-17(2)26(21)13-18-6-4-3-5-7-18/h3-7,10-12,19H,8-9,13-15H2,1-2H3. The number of rotatable bonds is 6. The largest absolute Gasteiger partial charge is 0.341 e.